The molecule has 1 nitrogen and oxygen atoms in total. The van der Waals surface area contributed by atoms with E-state index in [-0.39, 0.29) is 5.82 Å². The summed E-state index contributed by atoms with van der Waals surface area (Å²) in [6.45, 7) is 0. The highest BCUT2D eigenvalue weighted by atomic mass is 32.1. The molecule has 1 aliphatic rings. The predicted molar refractivity (Wildman–Crippen MR) is 81.7 cm³/mol. The minimum atomic E-state index is -0.189. The van der Waals surface area contributed by atoms with Gasteiger partial charge < -0.3 is 0 Å². The van der Waals surface area contributed by atoms with Crippen LogP contribution in [0.25, 0.3) is 21.3 Å². The zero-order valence-electron chi connectivity index (χ0n) is 11.0. The third-order valence-corrected chi connectivity index (χ3v) is 5.21. The molecule has 0 N–H and O–H groups in total. The lowest BCUT2D eigenvalue weighted by atomic mass is 9.93. The van der Waals surface area contributed by atoms with E-state index in [2.05, 4.69) is 11.1 Å². The minimum Gasteiger partial charge on any atom is -0.245 e. The summed E-state index contributed by atoms with van der Waals surface area (Å²) in [5.74, 6) is -0.189. The summed E-state index contributed by atoms with van der Waals surface area (Å²) in [5, 5.41) is 1.29. The lowest BCUT2D eigenvalue weighted by molar-refractivity contribution is 0.628. The summed E-state index contributed by atoms with van der Waals surface area (Å²) in [7, 11) is 0. The van der Waals surface area contributed by atoms with Crippen molar-refractivity contribution < 1.29 is 4.39 Å². The van der Waals surface area contributed by atoms with Gasteiger partial charge in [0.1, 0.15) is 10.6 Å². The molecule has 0 radical (unpaired) electrons. The number of nitrogens with zero attached hydrogens (tertiary/aromatic N) is 1. The van der Waals surface area contributed by atoms with Crippen LogP contribution in [0.4, 0.5) is 4.39 Å². The Bertz CT molecular complexity index is 774. The van der Waals surface area contributed by atoms with Gasteiger partial charge in [0.2, 0.25) is 0 Å². The van der Waals surface area contributed by atoms with E-state index in [1.807, 2.05) is 29.7 Å². The molecule has 100 valence electrons. The van der Waals surface area contributed by atoms with Gasteiger partial charge in [-0.2, -0.15) is 0 Å². The van der Waals surface area contributed by atoms with Crippen LogP contribution in [-0.2, 0) is 12.8 Å². The largest absolute Gasteiger partial charge is 0.245 e. The number of hydrogen-bond donors (Lipinski definition) is 0. The van der Waals surface area contributed by atoms with Crippen LogP contribution >= 0.6 is 11.3 Å². The van der Waals surface area contributed by atoms with Crippen molar-refractivity contribution in [3.63, 3.8) is 0 Å². The van der Waals surface area contributed by atoms with Gasteiger partial charge in [-0.15, -0.1) is 11.3 Å². The number of hydrogen-bond acceptors (Lipinski definition) is 2. The molecular weight excluding hydrogens is 269 g/mol. The minimum absolute atomic E-state index is 0.189. The van der Waals surface area contributed by atoms with Crippen LogP contribution in [0.15, 0.2) is 36.5 Å². The molecule has 3 heteroatoms. The van der Waals surface area contributed by atoms with E-state index in [0.717, 1.165) is 16.8 Å². The topological polar surface area (TPSA) is 12.9 Å². The summed E-state index contributed by atoms with van der Waals surface area (Å²) in [6, 6.07) is 8.83. The molecule has 0 fully saturated rings. The van der Waals surface area contributed by atoms with Crippen molar-refractivity contribution in [2.75, 3.05) is 0 Å². The van der Waals surface area contributed by atoms with Gasteiger partial charge in [-0.1, -0.05) is 12.1 Å². The normalized spacial score (nSPS) is 14.4. The average Bonchev–Trinajstić information content (AvgIpc) is 2.86. The van der Waals surface area contributed by atoms with Crippen LogP contribution in [0, 0.1) is 5.82 Å². The highest BCUT2D eigenvalue weighted by Crippen LogP contribution is 2.40. The van der Waals surface area contributed by atoms with Crippen molar-refractivity contribution in [1.29, 1.82) is 0 Å². The number of benzene rings is 1. The average molecular weight is 283 g/mol. The quantitative estimate of drug-likeness (QED) is 0.613. The second-order valence-corrected chi connectivity index (χ2v) is 6.34. The first-order valence-electron chi connectivity index (χ1n) is 6.98. The van der Waals surface area contributed by atoms with E-state index in [9.17, 15) is 4.39 Å². The van der Waals surface area contributed by atoms with Crippen molar-refractivity contribution in [1.82, 2.24) is 4.98 Å². The Morgan fingerprint density at radius 2 is 1.80 bits per heavy atom. The maximum Gasteiger partial charge on any atom is 0.124 e. The van der Waals surface area contributed by atoms with Crippen molar-refractivity contribution in [2.45, 2.75) is 25.7 Å². The standard InChI is InChI=1S/C17H14FNS/c18-12-7-5-11(6-8-12)13-9-10-19-17-16(13)14-3-1-2-4-15(14)20-17/h5-10H,1-4H2. The number of halogens is 1. The van der Waals surface area contributed by atoms with Crippen molar-refractivity contribution >= 4 is 21.6 Å². The molecule has 2 heterocycles. The van der Waals surface area contributed by atoms with E-state index in [1.165, 1.54) is 52.8 Å². The number of aryl methyl sites for hydroxylation is 2. The molecule has 0 unspecified atom stereocenters. The lowest BCUT2D eigenvalue weighted by Crippen LogP contribution is -1.98. The molecule has 0 bridgehead atoms. The van der Waals surface area contributed by atoms with Gasteiger partial charge in [0.15, 0.2) is 0 Å². The van der Waals surface area contributed by atoms with Gasteiger partial charge in [0.25, 0.3) is 0 Å². The molecular formula is C17H14FNS. The molecule has 0 aliphatic heterocycles. The second kappa shape index (κ2) is 4.67. The molecule has 0 spiro atoms. The number of rotatable bonds is 1. The molecule has 0 amide bonds. The molecule has 4 rings (SSSR count). The van der Waals surface area contributed by atoms with E-state index in [4.69, 9.17) is 0 Å². The van der Waals surface area contributed by atoms with Crippen molar-refractivity contribution in [2.24, 2.45) is 0 Å². The van der Waals surface area contributed by atoms with Crippen LogP contribution in [-0.4, -0.2) is 4.98 Å². The summed E-state index contributed by atoms with van der Waals surface area (Å²) >= 11 is 1.83. The molecule has 20 heavy (non-hydrogen) atoms. The third-order valence-electron chi connectivity index (χ3n) is 4.01. The summed E-state index contributed by atoms with van der Waals surface area (Å²) in [4.78, 5) is 7.15. The van der Waals surface area contributed by atoms with E-state index >= 15 is 0 Å². The highest BCUT2D eigenvalue weighted by molar-refractivity contribution is 7.19. The van der Waals surface area contributed by atoms with Crippen LogP contribution in [0.3, 0.4) is 0 Å². The van der Waals surface area contributed by atoms with E-state index < -0.39 is 0 Å². The van der Waals surface area contributed by atoms with Gasteiger partial charge in [0.05, 0.1) is 0 Å². The van der Waals surface area contributed by atoms with Crippen LogP contribution in [0.1, 0.15) is 23.3 Å². The number of thiophene rings is 1. The fourth-order valence-electron chi connectivity index (χ4n) is 3.05. The van der Waals surface area contributed by atoms with E-state index in [0.29, 0.717) is 0 Å². The summed E-state index contributed by atoms with van der Waals surface area (Å²) in [6.07, 6.45) is 6.74. The first-order valence-corrected chi connectivity index (χ1v) is 7.80. The summed E-state index contributed by atoms with van der Waals surface area (Å²) < 4.78 is 13.1. The van der Waals surface area contributed by atoms with Gasteiger partial charge in [-0.05, 0) is 60.6 Å². The number of aromatic nitrogens is 1. The Morgan fingerprint density at radius 1 is 1.00 bits per heavy atom. The molecule has 2 aromatic heterocycles. The first kappa shape index (κ1) is 12.0. The maximum absolute atomic E-state index is 13.1. The van der Waals surface area contributed by atoms with Crippen LogP contribution in [0.2, 0.25) is 0 Å². The number of pyridine rings is 1. The molecule has 1 aromatic carbocycles. The second-order valence-electron chi connectivity index (χ2n) is 5.26. The zero-order chi connectivity index (χ0) is 13.5. The van der Waals surface area contributed by atoms with Crippen LogP contribution < -0.4 is 0 Å². The monoisotopic (exact) mass is 283 g/mol. The number of fused-ring (bicyclic) bond motifs is 3. The van der Waals surface area contributed by atoms with Crippen molar-refractivity contribution in [3.05, 3.63) is 52.8 Å². The maximum atomic E-state index is 13.1. The fourth-order valence-corrected chi connectivity index (χ4v) is 4.31. The van der Waals surface area contributed by atoms with Crippen molar-refractivity contribution in [3.8, 4) is 11.1 Å². The SMILES string of the molecule is Fc1ccc(-c2ccnc3sc4c(c23)CCCC4)cc1. The fraction of sp³-hybridized carbons (Fsp3) is 0.235. The zero-order valence-corrected chi connectivity index (χ0v) is 11.8. The Morgan fingerprint density at radius 3 is 2.65 bits per heavy atom. The van der Waals surface area contributed by atoms with E-state index in [1.54, 1.807) is 0 Å². The third kappa shape index (κ3) is 1.85. The summed E-state index contributed by atoms with van der Waals surface area (Å²) in [5.41, 5.74) is 3.74. The Labute approximate surface area is 121 Å². The molecule has 0 atom stereocenters. The van der Waals surface area contributed by atoms with Gasteiger partial charge >= 0.3 is 0 Å². The smallest absolute Gasteiger partial charge is 0.124 e. The predicted octanol–water partition coefficient (Wildman–Crippen LogP) is 4.98. The molecule has 0 saturated heterocycles. The first-order chi connectivity index (χ1) is 9.83. The van der Waals surface area contributed by atoms with Gasteiger partial charge in [-0.3, -0.25) is 0 Å². The Hall–Kier alpha value is -1.74. The molecule has 0 saturated carbocycles. The molecule has 1 aliphatic carbocycles. The molecule has 3 aromatic rings. The van der Waals surface area contributed by atoms with Gasteiger partial charge in [-0.25, -0.2) is 9.37 Å². The Kier molecular flexibility index (Phi) is 2.81. The Balaban J connectivity index is 1.99. The lowest BCUT2D eigenvalue weighted by Gasteiger charge is -2.12. The van der Waals surface area contributed by atoms with Gasteiger partial charge in [0, 0.05) is 16.5 Å². The van der Waals surface area contributed by atoms with Crippen LogP contribution in [0.5, 0.6) is 0 Å². The highest BCUT2D eigenvalue weighted by Gasteiger charge is 2.19.